The van der Waals surface area contributed by atoms with Crippen LogP contribution in [0.5, 0.6) is 0 Å². The molecule has 3 aromatic carbocycles. The Balaban J connectivity index is 1.60. The molecule has 3 nitrogen and oxygen atoms in total. The van der Waals surface area contributed by atoms with Gasteiger partial charge in [0.25, 0.3) is 0 Å². The van der Waals surface area contributed by atoms with Gasteiger partial charge in [-0.25, -0.2) is 0 Å². The van der Waals surface area contributed by atoms with Crippen molar-refractivity contribution in [3.63, 3.8) is 0 Å². The first-order chi connectivity index (χ1) is 12.5. The lowest BCUT2D eigenvalue weighted by molar-refractivity contribution is -0.115. The Morgan fingerprint density at radius 2 is 1.73 bits per heavy atom. The molecule has 0 aliphatic carbocycles. The summed E-state index contributed by atoms with van der Waals surface area (Å²) in [5.41, 5.74) is 6.11. The van der Waals surface area contributed by atoms with Gasteiger partial charge >= 0.3 is 0 Å². The van der Waals surface area contributed by atoms with Crippen LogP contribution in [0.2, 0.25) is 0 Å². The van der Waals surface area contributed by atoms with Crippen molar-refractivity contribution in [2.24, 2.45) is 0 Å². The number of rotatable bonds is 3. The summed E-state index contributed by atoms with van der Waals surface area (Å²) in [6, 6.07) is 16.2. The zero-order valence-corrected chi connectivity index (χ0v) is 15.2. The maximum Gasteiger partial charge on any atom is 0.228 e. The lowest BCUT2D eigenvalue weighted by atomic mass is 9.99. The van der Waals surface area contributed by atoms with E-state index in [-0.39, 0.29) is 5.91 Å². The minimum atomic E-state index is -0.0411. The second-order valence-electron chi connectivity index (χ2n) is 6.89. The molecule has 0 atom stereocenters. The number of carbonyl (C=O) groups is 1. The summed E-state index contributed by atoms with van der Waals surface area (Å²) in [6.07, 6.45) is 2.01. The Labute approximate surface area is 152 Å². The van der Waals surface area contributed by atoms with Gasteiger partial charge in [-0.15, -0.1) is 0 Å². The van der Waals surface area contributed by atoms with Crippen LogP contribution >= 0.6 is 0 Å². The molecule has 0 aliphatic rings. The van der Waals surface area contributed by atoms with Crippen molar-refractivity contribution in [1.29, 1.82) is 0 Å². The number of carbonyl (C=O) groups excluding carboxylic acids is 1. The molecule has 0 saturated heterocycles. The average Bonchev–Trinajstić information content (AvgIpc) is 3.04. The monoisotopic (exact) mass is 343 g/mol. The summed E-state index contributed by atoms with van der Waals surface area (Å²) in [5, 5.41) is 6.33. The van der Waals surface area contributed by atoms with Gasteiger partial charge in [0.15, 0.2) is 0 Å². The predicted molar refractivity (Wildman–Crippen MR) is 107 cm³/mol. The van der Waals surface area contributed by atoms with Crippen molar-refractivity contribution >= 4 is 33.3 Å². The first-order valence-electron chi connectivity index (χ1n) is 8.78. The van der Waals surface area contributed by atoms with Crippen LogP contribution < -0.4 is 5.32 Å². The van der Waals surface area contributed by atoms with Crippen LogP contribution in [0, 0.1) is 20.8 Å². The van der Waals surface area contributed by atoms with E-state index in [1.54, 1.807) is 6.26 Å². The first-order valence-corrected chi connectivity index (χ1v) is 8.78. The van der Waals surface area contributed by atoms with Crippen molar-refractivity contribution in [3.8, 4) is 0 Å². The van der Waals surface area contributed by atoms with Crippen LogP contribution in [-0.4, -0.2) is 5.91 Å². The minimum absolute atomic E-state index is 0.0411. The Kier molecular flexibility index (Phi) is 4.00. The van der Waals surface area contributed by atoms with Gasteiger partial charge in [0.05, 0.1) is 12.7 Å². The van der Waals surface area contributed by atoms with Crippen molar-refractivity contribution in [1.82, 2.24) is 0 Å². The molecule has 1 heterocycles. The average molecular weight is 343 g/mol. The highest BCUT2D eigenvalue weighted by Gasteiger charge is 2.15. The summed E-state index contributed by atoms with van der Waals surface area (Å²) >= 11 is 0. The molecule has 0 fully saturated rings. The zero-order valence-electron chi connectivity index (χ0n) is 15.2. The van der Waals surface area contributed by atoms with Crippen molar-refractivity contribution < 1.29 is 9.21 Å². The molecule has 3 heteroatoms. The first kappa shape index (κ1) is 16.4. The molecule has 0 aliphatic heterocycles. The van der Waals surface area contributed by atoms with E-state index in [4.69, 9.17) is 4.42 Å². The zero-order chi connectivity index (χ0) is 18.3. The summed E-state index contributed by atoms with van der Waals surface area (Å²) < 4.78 is 5.77. The van der Waals surface area contributed by atoms with E-state index in [1.807, 2.05) is 36.4 Å². The van der Waals surface area contributed by atoms with Gasteiger partial charge in [-0.05, 0) is 60.4 Å². The van der Waals surface area contributed by atoms with Crippen molar-refractivity contribution in [3.05, 3.63) is 77.0 Å². The van der Waals surface area contributed by atoms with Gasteiger partial charge in [-0.1, -0.05) is 36.4 Å². The fraction of sp³-hybridized carbons (Fsp3) is 0.174. The number of furan rings is 1. The Morgan fingerprint density at radius 1 is 0.962 bits per heavy atom. The molecule has 0 saturated carbocycles. The van der Waals surface area contributed by atoms with E-state index in [1.165, 1.54) is 5.56 Å². The smallest absolute Gasteiger partial charge is 0.228 e. The maximum atomic E-state index is 12.6. The molecule has 0 radical (unpaired) electrons. The quantitative estimate of drug-likeness (QED) is 0.519. The molecule has 26 heavy (non-hydrogen) atoms. The van der Waals surface area contributed by atoms with E-state index in [9.17, 15) is 4.79 Å². The molecule has 0 bridgehead atoms. The lowest BCUT2D eigenvalue weighted by Gasteiger charge is -2.08. The summed E-state index contributed by atoms with van der Waals surface area (Å²) in [6.45, 7) is 6.20. The number of hydrogen-bond acceptors (Lipinski definition) is 2. The Morgan fingerprint density at radius 3 is 2.54 bits per heavy atom. The SMILES string of the molecule is Cc1cc(C)c2c(CC(=O)Nc3ccc4ccccc4c3)coc2c1C. The standard InChI is InChI=1S/C23H21NO2/c1-14-10-15(2)22-19(13-26-23(22)16(14)3)12-21(25)24-20-9-8-17-6-4-5-7-18(17)11-20/h4-11,13H,12H2,1-3H3,(H,24,25). The largest absolute Gasteiger partial charge is 0.464 e. The van der Waals surface area contributed by atoms with Gasteiger partial charge in [-0.2, -0.15) is 0 Å². The molecule has 1 N–H and O–H groups in total. The fourth-order valence-electron chi connectivity index (χ4n) is 3.56. The highest BCUT2D eigenvalue weighted by atomic mass is 16.3. The highest BCUT2D eigenvalue weighted by Crippen LogP contribution is 2.30. The van der Waals surface area contributed by atoms with Crippen LogP contribution in [0.4, 0.5) is 5.69 Å². The third-order valence-corrected chi connectivity index (χ3v) is 5.01. The molecule has 4 aromatic rings. The summed E-state index contributed by atoms with van der Waals surface area (Å²) in [4.78, 5) is 12.6. The van der Waals surface area contributed by atoms with E-state index >= 15 is 0 Å². The van der Waals surface area contributed by atoms with Crippen LogP contribution in [0.25, 0.3) is 21.7 Å². The molecule has 4 rings (SSSR count). The number of hydrogen-bond donors (Lipinski definition) is 1. The van der Waals surface area contributed by atoms with Crippen molar-refractivity contribution in [2.45, 2.75) is 27.2 Å². The summed E-state index contributed by atoms with van der Waals surface area (Å²) in [7, 11) is 0. The van der Waals surface area contributed by atoms with Crippen LogP contribution in [0.1, 0.15) is 22.3 Å². The number of anilines is 1. The van der Waals surface area contributed by atoms with Gasteiger partial charge in [0, 0.05) is 16.6 Å². The molecule has 1 amide bonds. The maximum absolute atomic E-state index is 12.6. The molecular formula is C23H21NO2. The molecule has 130 valence electrons. The van der Waals surface area contributed by atoms with Crippen LogP contribution in [0.3, 0.4) is 0 Å². The van der Waals surface area contributed by atoms with Crippen LogP contribution in [-0.2, 0) is 11.2 Å². The molecule has 0 unspecified atom stereocenters. The number of benzene rings is 3. The van der Waals surface area contributed by atoms with E-state index in [0.717, 1.165) is 44.1 Å². The number of fused-ring (bicyclic) bond motifs is 2. The van der Waals surface area contributed by atoms with Gasteiger partial charge in [0.1, 0.15) is 5.58 Å². The number of nitrogens with one attached hydrogen (secondary N) is 1. The lowest BCUT2D eigenvalue weighted by Crippen LogP contribution is -2.14. The Bertz CT molecular complexity index is 1140. The van der Waals surface area contributed by atoms with Gasteiger partial charge < -0.3 is 9.73 Å². The van der Waals surface area contributed by atoms with Crippen molar-refractivity contribution in [2.75, 3.05) is 5.32 Å². The molecule has 0 spiro atoms. The molecule has 1 aromatic heterocycles. The molecular weight excluding hydrogens is 322 g/mol. The number of aryl methyl sites for hydroxylation is 3. The highest BCUT2D eigenvalue weighted by molar-refractivity contribution is 5.98. The van der Waals surface area contributed by atoms with E-state index < -0.39 is 0 Å². The topological polar surface area (TPSA) is 42.2 Å². The fourth-order valence-corrected chi connectivity index (χ4v) is 3.56. The van der Waals surface area contributed by atoms with E-state index in [2.05, 4.69) is 38.2 Å². The van der Waals surface area contributed by atoms with Gasteiger partial charge in [0.2, 0.25) is 5.91 Å². The normalized spacial score (nSPS) is 11.2. The predicted octanol–water partition coefficient (Wildman–Crippen LogP) is 5.69. The number of amides is 1. The summed E-state index contributed by atoms with van der Waals surface area (Å²) in [5.74, 6) is -0.0411. The third-order valence-electron chi connectivity index (χ3n) is 5.01. The second-order valence-corrected chi connectivity index (χ2v) is 6.89. The third kappa shape index (κ3) is 2.86. The van der Waals surface area contributed by atoms with Gasteiger partial charge in [-0.3, -0.25) is 4.79 Å². The Hall–Kier alpha value is -3.07. The van der Waals surface area contributed by atoms with Crippen LogP contribution in [0.15, 0.2) is 59.2 Å². The van der Waals surface area contributed by atoms with E-state index in [0.29, 0.717) is 6.42 Å². The second kappa shape index (κ2) is 6.34. The minimum Gasteiger partial charge on any atom is -0.464 e.